The predicted molar refractivity (Wildman–Crippen MR) is 75.5 cm³/mol. The third-order valence-electron chi connectivity index (χ3n) is 3.23. The van der Waals surface area contributed by atoms with Gasteiger partial charge in [0.2, 0.25) is 5.91 Å². The molecule has 7 nitrogen and oxygen atoms in total. The van der Waals surface area contributed by atoms with Crippen LogP contribution < -0.4 is 10.6 Å². The summed E-state index contributed by atoms with van der Waals surface area (Å²) in [6.45, 7) is 7.30. The summed E-state index contributed by atoms with van der Waals surface area (Å²) in [4.78, 5) is 35.6. The largest absolute Gasteiger partial charge is 0.467 e. The first-order valence-electron chi connectivity index (χ1n) is 6.95. The predicted octanol–water partition coefficient (Wildman–Crippen LogP) is 0.969. The van der Waals surface area contributed by atoms with Gasteiger partial charge in [0.25, 0.3) is 0 Å². The summed E-state index contributed by atoms with van der Waals surface area (Å²) in [5.41, 5.74) is -1.98. The van der Waals surface area contributed by atoms with Crippen LogP contribution in [0.1, 0.15) is 40.5 Å². The van der Waals surface area contributed by atoms with Gasteiger partial charge < -0.3 is 20.1 Å². The molecule has 0 spiro atoms. The SMILES string of the molecule is COC(=O)C(C)(CC1CCNC1=O)NC(=O)OC(C)(C)C. The Bertz CT molecular complexity index is 430. The zero-order valence-corrected chi connectivity index (χ0v) is 13.2. The highest BCUT2D eigenvalue weighted by molar-refractivity contribution is 5.87. The van der Waals surface area contributed by atoms with E-state index in [-0.39, 0.29) is 18.2 Å². The highest BCUT2D eigenvalue weighted by Gasteiger charge is 2.42. The van der Waals surface area contributed by atoms with E-state index in [2.05, 4.69) is 10.6 Å². The van der Waals surface area contributed by atoms with E-state index in [1.165, 1.54) is 14.0 Å². The highest BCUT2D eigenvalue weighted by Crippen LogP contribution is 2.24. The van der Waals surface area contributed by atoms with Gasteiger partial charge in [-0.05, 0) is 40.5 Å². The number of carbonyl (C=O) groups is 3. The van der Waals surface area contributed by atoms with Crippen LogP contribution in [0.5, 0.6) is 0 Å². The fourth-order valence-electron chi connectivity index (χ4n) is 2.27. The summed E-state index contributed by atoms with van der Waals surface area (Å²) in [6.07, 6.45) is 0.0837. The maximum Gasteiger partial charge on any atom is 0.408 e. The molecule has 2 atom stereocenters. The number of carbonyl (C=O) groups excluding carboxylic acids is 3. The standard InChI is InChI=1S/C14H24N2O5/c1-13(2,3)21-12(19)16-14(4,11(18)20-5)8-9-6-7-15-10(9)17/h9H,6-8H2,1-5H3,(H,15,17)(H,16,19). The Morgan fingerprint density at radius 2 is 1.95 bits per heavy atom. The third kappa shape index (κ3) is 4.91. The highest BCUT2D eigenvalue weighted by atomic mass is 16.6. The van der Waals surface area contributed by atoms with Gasteiger partial charge in [-0.25, -0.2) is 9.59 Å². The lowest BCUT2D eigenvalue weighted by Gasteiger charge is -2.31. The van der Waals surface area contributed by atoms with Gasteiger partial charge in [0.1, 0.15) is 11.1 Å². The molecule has 1 saturated heterocycles. The Morgan fingerprint density at radius 1 is 1.33 bits per heavy atom. The molecule has 1 aliphatic heterocycles. The number of hydrogen-bond donors (Lipinski definition) is 2. The maximum absolute atomic E-state index is 12.0. The zero-order chi connectivity index (χ0) is 16.3. The molecule has 0 aliphatic carbocycles. The minimum atomic E-state index is -1.30. The molecule has 1 heterocycles. The average Bonchev–Trinajstić information content (AvgIpc) is 2.71. The van der Waals surface area contributed by atoms with E-state index in [4.69, 9.17) is 9.47 Å². The van der Waals surface area contributed by atoms with Gasteiger partial charge in [0, 0.05) is 12.5 Å². The topological polar surface area (TPSA) is 93.7 Å². The van der Waals surface area contributed by atoms with Gasteiger partial charge >= 0.3 is 12.1 Å². The lowest BCUT2D eigenvalue weighted by Crippen LogP contribution is -2.55. The lowest BCUT2D eigenvalue weighted by molar-refractivity contribution is -0.148. The Labute approximate surface area is 124 Å². The average molecular weight is 300 g/mol. The van der Waals surface area contributed by atoms with Crippen molar-refractivity contribution in [3.8, 4) is 0 Å². The first-order chi connectivity index (χ1) is 9.57. The number of rotatable bonds is 4. The summed E-state index contributed by atoms with van der Waals surface area (Å²) < 4.78 is 9.91. The first kappa shape index (κ1) is 17.3. The van der Waals surface area contributed by atoms with E-state index < -0.39 is 23.2 Å². The molecule has 0 radical (unpaired) electrons. The van der Waals surface area contributed by atoms with Crippen LogP contribution >= 0.6 is 0 Å². The number of hydrogen-bond acceptors (Lipinski definition) is 5. The quantitative estimate of drug-likeness (QED) is 0.755. The van der Waals surface area contributed by atoms with E-state index >= 15 is 0 Å². The van der Waals surface area contributed by atoms with Crippen LogP contribution in [0, 0.1) is 5.92 Å². The number of alkyl carbamates (subject to hydrolysis) is 1. The summed E-state index contributed by atoms with van der Waals surface area (Å²) in [6, 6.07) is 0. The molecule has 7 heteroatoms. The van der Waals surface area contributed by atoms with Crippen LogP contribution in [0.4, 0.5) is 4.79 Å². The Kier molecular flexibility index (Phi) is 5.20. The van der Waals surface area contributed by atoms with E-state index in [1.54, 1.807) is 20.8 Å². The second-order valence-corrected chi connectivity index (χ2v) is 6.43. The van der Waals surface area contributed by atoms with E-state index in [0.717, 1.165) is 0 Å². The number of amides is 2. The van der Waals surface area contributed by atoms with Crippen molar-refractivity contribution in [1.29, 1.82) is 0 Å². The van der Waals surface area contributed by atoms with Crippen LogP contribution in [0.2, 0.25) is 0 Å². The molecule has 0 aromatic heterocycles. The molecule has 120 valence electrons. The fourth-order valence-corrected chi connectivity index (χ4v) is 2.27. The van der Waals surface area contributed by atoms with Crippen LogP contribution in [0.25, 0.3) is 0 Å². The number of esters is 1. The van der Waals surface area contributed by atoms with E-state index in [9.17, 15) is 14.4 Å². The smallest absolute Gasteiger partial charge is 0.408 e. The Morgan fingerprint density at radius 3 is 2.38 bits per heavy atom. The van der Waals surface area contributed by atoms with Crippen LogP contribution in [0.3, 0.4) is 0 Å². The molecule has 1 aliphatic rings. The molecular formula is C14H24N2O5. The second-order valence-electron chi connectivity index (χ2n) is 6.43. The molecular weight excluding hydrogens is 276 g/mol. The van der Waals surface area contributed by atoms with Crippen molar-refractivity contribution in [2.45, 2.75) is 51.7 Å². The molecule has 2 amide bonds. The molecule has 0 aromatic rings. The summed E-state index contributed by atoms with van der Waals surface area (Å²) in [5.74, 6) is -1.05. The minimum Gasteiger partial charge on any atom is -0.467 e. The number of nitrogens with one attached hydrogen (secondary N) is 2. The molecule has 2 unspecified atom stereocenters. The van der Waals surface area contributed by atoms with Crippen molar-refractivity contribution in [3.63, 3.8) is 0 Å². The molecule has 2 N–H and O–H groups in total. The molecule has 0 aromatic carbocycles. The van der Waals surface area contributed by atoms with Crippen molar-refractivity contribution in [1.82, 2.24) is 10.6 Å². The normalized spacial score (nSPS) is 21.2. The number of ether oxygens (including phenoxy) is 2. The van der Waals surface area contributed by atoms with E-state index in [1.807, 2.05) is 0 Å². The zero-order valence-electron chi connectivity index (χ0n) is 13.2. The molecule has 0 bridgehead atoms. The first-order valence-corrected chi connectivity index (χ1v) is 6.95. The monoisotopic (exact) mass is 300 g/mol. The third-order valence-corrected chi connectivity index (χ3v) is 3.23. The van der Waals surface area contributed by atoms with Crippen molar-refractivity contribution >= 4 is 18.0 Å². The number of methoxy groups -OCH3 is 1. The summed E-state index contributed by atoms with van der Waals surface area (Å²) >= 11 is 0. The van der Waals surface area contributed by atoms with Gasteiger partial charge in [-0.3, -0.25) is 4.79 Å². The summed E-state index contributed by atoms with van der Waals surface area (Å²) in [7, 11) is 1.24. The van der Waals surface area contributed by atoms with Gasteiger partial charge in [-0.2, -0.15) is 0 Å². The van der Waals surface area contributed by atoms with Crippen LogP contribution in [-0.2, 0) is 19.1 Å². The lowest BCUT2D eigenvalue weighted by atomic mass is 9.88. The minimum absolute atomic E-state index is 0.115. The van der Waals surface area contributed by atoms with E-state index in [0.29, 0.717) is 13.0 Å². The van der Waals surface area contributed by atoms with Gasteiger partial charge in [0.05, 0.1) is 7.11 Å². The van der Waals surface area contributed by atoms with Crippen molar-refractivity contribution < 1.29 is 23.9 Å². The maximum atomic E-state index is 12.0. The van der Waals surface area contributed by atoms with Gasteiger partial charge in [-0.15, -0.1) is 0 Å². The molecule has 0 saturated carbocycles. The fraction of sp³-hybridized carbons (Fsp3) is 0.786. The second kappa shape index (κ2) is 6.32. The van der Waals surface area contributed by atoms with Crippen LogP contribution in [-0.4, -0.2) is 42.8 Å². The van der Waals surface area contributed by atoms with Crippen LogP contribution in [0.15, 0.2) is 0 Å². The van der Waals surface area contributed by atoms with Crippen molar-refractivity contribution in [2.24, 2.45) is 5.92 Å². The van der Waals surface area contributed by atoms with Gasteiger partial charge in [-0.1, -0.05) is 0 Å². The molecule has 21 heavy (non-hydrogen) atoms. The Hall–Kier alpha value is -1.79. The Balaban J connectivity index is 2.81. The molecule has 1 fully saturated rings. The summed E-state index contributed by atoms with van der Waals surface area (Å²) in [5, 5.41) is 5.24. The molecule has 1 rings (SSSR count). The van der Waals surface area contributed by atoms with Crippen molar-refractivity contribution in [2.75, 3.05) is 13.7 Å². The van der Waals surface area contributed by atoms with Gasteiger partial charge in [0.15, 0.2) is 0 Å². The van der Waals surface area contributed by atoms with Crippen molar-refractivity contribution in [3.05, 3.63) is 0 Å².